The van der Waals surface area contributed by atoms with E-state index in [2.05, 4.69) is 0 Å². The van der Waals surface area contributed by atoms with E-state index in [0.717, 1.165) is 12.5 Å². The summed E-state index contributed by atoms with van der Waals surface area (Å²) >= 11 is 0. The van der Waals surface area contributed by atoms with Crippen molar-refractivity contribution in [2.24, 2.45) is 0 Å². The molecule has 0 N–H and O–H groups in total. The number of ether oxygens (including phenoxy) is 1. The molecule has 0 aliphatic carbocycles. The second-order valence-corrected chi connectivity index (χ2v) is 7.22. The first-order chi connectivity index (χ1) is 11.9. The van der Waals surface area contributed by atoms with Crippen molar-refractivity contribution in [2.75, 3.05) is 18.0 Å². The van der Waals surface area contributed by atoms with Gasteiger partial charge in [-0.1, -0.05) is 31.5 Å². The van der Waals surface area contributed by atoms with Crippen molar-refractivity contribution < 1.29 is 18.1 Å². The van der Waals surface area contributed by atoms with Gasteiger partial charge in [0.2, 0.25) is 0 Å². The smallest absolute Gasteiger partial charge is 0.312 e. The predicted octanol–water partition coefficient (Wildman–Crippen LogP) is 3.60. The van der Waals surface area contributed by atoms with Gasteiger partial charge < -0.3 is 4.74 Å². The molecular weight excluding hydrogens is 344 g/mol. The van der Waals surface area contributed by atoms with Crippen LogP contribution in [0.1, 0.15) is 19.8 Å². The molecule has 0 fully saturated rings. The Kier molecular flexibility index (Phi) is 5.97. The second kappa shape index (κ2) is 7.98. The zero-order valence-electron chi connectivity index (χ0n) is 14.1. The summed E-state index contributed by atoms with van der Waals surface area (Å²) in [6, 6.07) is 12.4. The highest BCUT2D eigenvalue weighted by Crippen LogP contribution is 2.32. The quantitative estimate of drug-likeness (QED) is 0.527. The molecule has 0 heterocycles. The second-order valence-electron chi connectivity index (χ2n) is 5.36. The lowest BCUT2D eigenvalue weighted by atomic mass is 10.3. The van der Waals surface area contributed by atoms with Crippen molar-refractivity contribution in [1.29, 1.82) is 0 Å². The van der Waals surface area contributed by atoms with Gasteiger partial charge in [-0.25, -0.2) is 8.42 Å². The van der Waals surface area contributed by atoms with E-state index in [1.807, 2.05) is 6.92 Å². The normalized spacial score (nSPS) is 11.1. The van der Waals surface area contributed by atoms with Crippen LogP contribution in [-0.4, -0.2) is 27.0 Å². The van der Waals surface area contributed by atoms with Gasteiger partial charge in [0.1, 0.15) is 0 Å². The third-order valence-corrected chi connectivity index (χ3v) is 5.52. The number of hydrogen-bond donors (Lipinski definition) is 0. The largest absolute Gasteiger partial charge is 0.490 e. The number of nitrogens with zero attached hydrogens (tertiary/aromatic N) is 2. The van der Waals surface area contributed by atoms with Crippen LogP contribution in [0.4, 0.5) is 11.4 Å². The van der Waals surface area contributed by atoms with Crippen LogP contribution in [0.3, 0.4) is 0 Å². The molecule has 134 valence electrons. The van der Waals surface area contributed by atoms with E-state index in [4.69, 9.17) is 4.74 Å². The number of para-hydroxylation sites is 1. The van der Waals surface area contributed by atoms with Crippen molar-refractivity contribution in [3.8, 4) is 5.75 Å². The third-order valence-electron chi connectivity index (χ3n) is 3.69. The fraction of sp³-hybridized carbons (Fsp3) is 0.294. The minimum atomic E-state index is -3.93. The maximum atomic E-state index is 13.1. The highest BCUT2D eigenvalue weighted by molar-refractivity contribution is 7.92. The topological polar surface area (TPSA) is 89.8 Å². The first kappa shape index (κ1) is 18.7. The minimum Gasteiger partial charge on any atom is -0.490 e. The number of anilines is 1. The summed E-state index contributed by atoms with van der Waals surface area (Å²) in [6.45, 7) is 2.26. The molecule has 0 amide bonds. The fourth-order valence-electron chi connectivity index (χ4n) is 2.38. The van der Waals surface area contributed by atoms with Crippen LogP contribution in [0.5, 0.6) is 5.75 Å². The SMILES string of the molecule is CCCCN(c1ccccc1)S(=O)(=O)c1ccc(OC)c([N+](=O)[O-])c1. The number of nitro groups is 1. The van der Waals surface area contributed by atoms with Crippen LogP contribution >= 0.6 is 0 Å². The molecule has 0 radical (unpaired) electrons. The van der Waals surface area contributed by atoms with Crippen LogP contribution in [0, 0.1) is 10.1 Å². The summed E-state index contributed by atoms with van der Waals surface area (Å²) in [5.41, 5.74) is 0.140. The number of unbranched alkanes of at least 4 members (excludes halogenated alkanes) is 1. The monoisotopic (exact) mass is 364 g/mol. The Morgan fingerprint density at radius 2 is 1.84 bits per heavy atom. The molecule has 0 aliphatic heterocycles. The van der Waals surface area contributed by atoms with E-state index >= 15 is 0 Å². The molecule has 2 rings (SSSR count). The summed E-state index contributed by atoms with van der Waals surface area (Å²) in [6.07, 6.45) is 1.49. The Balaban J connectivity index is 2.53. The average Bonchev–Trinajstić information content (AvgIpc) is 2.62. The van der Waals surface area contributed by atoms with Crippen LogP contribution in [-0.2, 0) is 10.0 Å². The fourth-order valence-corrected chi connectivity index (χ4v) is 3.91. The Morgan fingerprint density at radius 1 is 1.16 bits per heavy atom. The van der Waals surface area contributed by atoms with Crippen LogP contribution < -0.4 is 9.04 Å². The number of sulfonamides is 1. The van der Waals surface area contributed by atoms with E-state index in [0.29, 0.717) is 18.7 Å². The molecule has 0 saturated carbocycles. The van der Waals surface area contributed by atoms with Gasteiger partial charge >= 0.3 is 5.69 Å². The number of hydrogen-bond acceptors (Lipinski definition) is 5. The van der Waals surface area contributed by atoms with Crippen LogP contribution in [0.2, 0.25) is 0 Å². The Labute approximate surface area is 147 Å². The third kappa shape index (κ3) is 4.08. The van der Waals surface area contributed by atoms with Gasteiger partial charge in [-0.05, 0) is 30.7 Å². The van der Waals surface area contributed by atoms with Crippen molar-refractivity contribution >= 4 is 21.4 Å². The molecule has 0 saturated heterocycles. The van der Waals surface area contributed by atoms with E-state index in [9.17, 15) is 18.5 Å². The first-order valence-corrected chi connectivity index (χ1v) is 9.26. The molecule has 0 bridgehead atoms. The number of methoxy groups -OCH3 is 1. The lowest BCUT2D eigenvalue weighted by Crippen LogP contribution is -2.32. The maximum absolute atomic E-state index is 13.1. The Morgan fingerprint density at radius 3 is 2.40 bits per heavy atom. The zero-order chi connectivity index (χ0) is 18.4. The van der Waals surface area contributed by atoms with Gasteiger partial charge in [-0.15, -0.1) is 0 Å². The van der Waals surface area contributed by atoms with Gasteiger partial charge in [0.15, 0.2) is 5.75 Å². The molecule has 0 spiro atoms. The summed E-state index contributed by atoms with van der Waals surface area (Å²) in [5, 5.41) is 11.2. The maximum Gasteiger partial charge on any atom is 0.312 e. The molecule has 2 aromatic carbocycles. The zero-order valence-corrected chi connectivity index (χ0v) is 14.9. The standard InChI is InChI=1S/C17H20N2O5S/c1-3-4-12-18(14-8-6-5-7-9-14)25(22,23)15-10-11-17(24-2)16(13-15)19(20)21/h5-11,13H,3-4,12H2,1-2H3. The van der Waals surface area contributed by atoms with Gasteiger partial charge in [-0.3, -0.25) is 14.4 Å². The van der Waals surface area contributed by atoms with Gasteiger partial charge in [0.05, 0.1) is 22.6 Å². The molecule has 7 nitrogen and oxygen atoms in total. The molecular formula is C17H20N2O5S. The van der Waals surface area contributed by atoms with E-state index in [-0.39, 0.29) is 16.3 Å². The predicted molar refractivity (Wildman–Crippen MR) is 95.5 cm³/mol. The molecule has 0 unspecified atom stereocenters. The first-order valence-electron chi connectivity index (χ1n) is 7.82. The summed E-state index contributed by atoms with van der Waals surface area (Å²) < 4.78 is 32.4. The van der Waals surface area contributed by atoms with E-state index in [1.54, 1.807) is 30.3 Å². The lowest BCUT2D eigenvalue weighted by molar-refractivity contribution is -0.386. The average molecular weight is 364 g/mol. The number of rotatable bonds is 8. The summed E-state index contributed by atoms with van der Waals surface area (Å²) in [5.74, 6) is 0.0174. The van der Waals surface area contributed by atoms with Crippen molar-refractivity contribution in [2.45, 2.75) is 24.7 Å². The Bertz CT molecular complexity index is 837. The van der Waals surface area contributed by atoms with Crippen LogP contribution in [0.15, 0.2) is 53.4 Å². The van der Waals surface area contributed by atoms with E-state index < -0.39 is 14.9 Å². The Hall–Kier alpha value is -2.61. The highest BCUT2D eigenvalue weighted by Gasteiger charge is 2.27. The molecule has 8 heteroatoms. The van der Waals surface area contributed by atoms with E-state index in [1.165, 1.54) is 23.5 Å². The highest BCUT2D eigenvalue weighted by atomic mass is 32.2. The van der Waals surface area contributed by atoms with Gasteiger partial charge in [-0.2, -0.15) is 0 Å². The number of nitro benzene ring substituents is 1. The van der Waals surface area contributed by atoms with Crippen molar-refractivity contribution in [3.05, 3.63) is 58.6 Å². The number of benzene rings is 2. The summed E-state index contributed by atoms with van der Waals surface area (Å²) in [7, 11) is -2.63. The minimum absolute atomic E-state index is 0.0174. The van der Waals surface area contributed by atoms with Crippen molar-refractivity contribution in [3.63, 3.8) is 0 Å². The van der Waals surface area contributed by atoms with Crippen LogP contribution in [0.25, 0.3) is 0 Å². The molecule has 2 aromatic rings. The lowest BCUT2D eigenvalue weighted by Gasteiger charge is -2.24. The molecule has 0 atom stereocenters. The molecule has 25 heavy (non-hydrogen) atoms. The van der Waals surface area contributed by atoms with Gasteiger partial charge in [0, 0.05) is 12.6 Å². The molecule has 0 aliphatic rings. The summed E-state index contributed by atoms with van der Waals surface area (Å²) in [4.78, 5) is 10.4. The van der Waals surface area contributed by atoms with Crippen molar-refractivity contribution in [1.82, 2.24) is 0 Å². The van der Waals surface area contributed by atoms with Gasteiger partial charge in [0.25, 0.3) is 10.0 Å². The molecule has 0 aromatic heterocycles.